The first-order valence-corrected chi connectivity index (χ1v) is 10.4. The van der Waals surface area contributed by atoms with Crippen LogP contribution in [0.15, 0.2) is 42.5 Å². The molecule has 28 heavy (non-hydrogen) atoms. The highest BCUT2D eigenvalue weighted by Gasteiger charge is 2.40. The molecule has 5 atom stereocenters. The maximum atomic E-state index is 10.5. The van der Waals surface area contributed by atoms with Crippen LogP contribution in [0.5, 0.6) is 0 Å². The van der Waals surface area contributed by atoms with E-state index in [-0.39, 0.29) is 18.3 Å². The van der Waals surface area contributed by atoms with Crippen molar-refractivity contribution in [3.8, 4) is 0 Å². The Bertz CT molecular complexity index is 600. The number of unbranched alkanes of at least 4 members (excludes halogenated alkanes) is 1. The van der Waals surface area contributed by atoms with E-state index in [0.717, 1.165) is 6.42 Å². The van der Waals surface area contributed by atoms with Crippen LogP contribution in [0.4, 0.5) is 0 Å². The van der Waals surface area contributed by atoms with Gasteiger partial charge in [0.05, 0.1) is 18.3 Å². The summed E-state index contributed by atoms with van der Waals surface area (Å²) < 4.78 is 0. The van der Waals surface area contributed by atoms with Crippen LogP contribution in [-0.4, -0.2) is 44.7 Å². The van der Waals surface area contributed by atoms with E-state index in [2.05, 4.69) is 12.1 Å². The van der Waals surface area contributed by atoms with Crippen LogP contribution < -0.4 is 0 Å². The van der Waals surface area contributed by atoms with Crippen LogP contribution in [0, 0.1) is 11.8 Å². The first kappa shape index (κ1) is 22.6. The maximum Gasteiger partial charge on any atom is 0.303 e. The fourth-order valence-electron chi connectivity index (χ4n) is 4.16. The van der Waals surface area contributed by atoms with Gasteiger partial charge in [0, 0.05) is 6.42 Å². The normalized spacial score (nSPS) is 26.0. The van der Waals surface area contributed by atoms with E-state index in [1.165, 1.54) is 5.56 Å². The zero-order chi connectivity index (χ0) is 20.4. The Morgan fingerprint density at radius 1 is 1.07 bits per heavy atom. The Hall–Kier alpha value is -1.69. The quantitative estimate of drug-likeness (QED) is 0.324. The van der Waals surface area contributed by atoms with Crippen molar-refractivity contribution in [3.63, 3.8) is 0 Å². The lowest BCUT2D eigenvalue weighted by Gasteiger charge is -2.23. The van der Waals surface area contributed by atoms with Gasteiger partial charge < -0.3 is 20.4 Å². The third kappa shape index (κ3) is 7.74. The summed E-state index contributed by atoms with van der Waals surface area (Å²) in [6, 6.07) is 10.1. The molecule has 1 saturated carbocycles. The number of carboxylic acids is 1. The van der Waals surface area contributed by atoms with E-state index >= 15 is 0 Å². The molecular weight excluding hydrogens is 356 g/mol. The molecule has 156 valence electrons. The van der Waals surface area contributed by atoms with E-state index in [1.54, 1.807) is 0 Å². The monoisotopic (exact) mass is 390 g/mol. The highest BCUT2D eigenvalue weighted by atomic mass is 16.4. The summed E-state index contributed by atoms with van der Waals surface area (Å²) in [7, 11) is 0. The fraction of sp³-hybridized carbons (Fsp3) is 0.609. The summed E-state index contributed by atoms with van der Waals surface area (Å²) >= 11 is 0. The van der Waals surface area contributed by atoms with E-state index < -0.39 is 24.3 Å². The minimum atomic E-state index is -0.784. The number of hydrogen-bond donors (Lipinski definition) is 4. The minimum absolute atomic E-state index is 0.00736. The van der Waals surface area contributed by atoms with Gasteiger partial charge in [0.15, 0.2) is 0 Å². The molecule has 1 fully saturated rings. The summed E-state index contributed by atoms with van der Waals surface area (Å²) in [5.41, 5.74) is 1.21. The molecule has 0 amide bonds. The van der Waals surface area contributed by atoms with E-state index in [0.29, 0.717) is 44.9 Å². The molecule has 0 saturated heterocycles. The molecule has 1 aromatic rings. The molecule has 5 nitrogen and oxygen atoms in total. The molecule has 0 aliphatic heterocycles. The number of carboxylic acid groups (broad SMARTS) is 1. The highest BCUT2D eigenvalue weighted by molar-refractivity contribution is 5.66. The number of rotatable bonds is 12. The fourth-order valence-corrected chi connectivity index (χ4v) is 4.16. The van der Waals surface area contributed by atoms with Gasteiger partial charge in [-0.3, -0.25) is 4.79 Å². The average Bonchev–Trinajstić information content (AvgIpc) is 2.94. The van der Waals surface area contributed by atoms with E-state index in [1.807, 2.05) is 30.4 Å². The zero-order valence-corrected chi connectivity index (χ0v) is 16.5. The molecule has 5 heteroatoms. The Kier molecular flexibility index (Phi) is 9.68. The Morgan fingerprint density at radius 3 is 2.50 bits per heavy atom. The van der Waals surface area contributed by atoms with E-state index in [9.17, 15) is 20.1 Å². The first-order valence-electron chi connectivity index (χ1n) is 10.4. The molecule has 4 unspecified atom stereocenters. The number of aliphatic hydroxyl groups is 3. The third-order valence-electron chi connectivity index (χ3n) is 5.80. The summed E-state index contributed by atoms with van der Waals surface area (Å²) in [4.78, 5) is 10.5. The molecular formula is C23H34O5. The van der Waals surface area contributed by atoms with Crippen LogP contribution in [0.1, 0.15) is 56.9 Å². The van der Waals surface area contributed by atoms with Crippen molar-refractivity contribution in [2.24, 2.45) is 11.8 Å². The van der Waals surface area contributed by atoms with Gasteiger partial charge in [-0.05, 0) is 68.8 Å². The predicted molar refractivity (Wildman–Crippen MR) is 109 cm³/mol. The number of aliphatic hydroxyl groups excluding tert-OH is 3. The van der Waals surface area contributed by atoms with Crippen molar-refractivity contribution in [2.45, 2.75) is 76.1 Å². The predicted octanol–water partition coefficient (Wildman–Crippen LogP) is 3.32. The molecule has 0 heterocycles. The topological polar surface area (TPSA) is 98.0 Å². The number of aryl methyl sites for hydroxylation is 1. The van der Waals surface area contributed by atoms with Gasteiger partial charge in [-0.15, -0.1) is 0 Å². The van der Waals surface area contributed by atoms with Crippen LogP contribution >= 0.6 is 0 Å². The average molecular weight is 391 g/mol. The number of aliphatic carboxylic acids is 1. The summed E-state index contributed by atoms with van der Waals surface area (Å²) in [6.07, 6.45) is 7.91. The summed E-state index contributed by atoms with van der Waals surface area (Å²) in [5.74, 6) is -0.800. The van der Waals surface area contributed by atoms with Crippen molar-refractivity contribution < 1.29 is 25.2 Å². The lowest BCUT2D eigenvalue weighted by Crippen LogP contribution is -2.23. The lowest BCUT2D eigenvalue weighted by atomic mass is 9.85. The largest absolute Gasteiger partial charge is 0.481 e. The zero-order valence-electron chi connectivity index (χ0n) is 16.5. The Labute approximate surface area is 167 Å². The number of benzene rings is 1. The number of allylic oxidation sites excluding steroid dienone is 2. The molecule has 0 aromatic heterocycles. The summed E-state index contributed by atoms with van der Waals surface area (Å²) in [6.45, 7) is 0. The van der Waals surface area contributed by atoms with Crippen molar-refractivity contribution in [1.29, 1.82) is 0 Å². The molecule has 1 aliphatic rings. The SMILES string of the molecule is O=C(O)CCC/C=C\CC1C(O)CC(O)[C@@H]1CCC(O)CCc1ccccc1. The molecule has 2 rings (SSSR count). The smallest absolute Gasteiger partial charge is 0.303 e. The second-order valence-electron chi connectivity index (χ2n) is 7.95. The highest BCUT2D eigenvalue weighted by Crippen LogP contribution is 2.38. The van der Waals surface area contributed by atoms with Gasteiger partial charge in [-0.1, -0.05) is 42.5 Å². The van der Waals surface area contributed by atoms with Gasteiger partial charge in [0.2, 0.25) is 0 Å². The van der Waals surface area contributed by atoms with Crippen molar-refractivity contribution in [3.05, 3.63) is 48.0 Å². The van der Waals surface area contributed by atoms with Crippen LogP contribution in [0.2, 0.25) is 0 Å². The number of carbonyl (C=O) groups is 1. The van der Waals surface area contributed by atoms with Gasteiger partial charge in [-0.25, -0.2) is 0 Å². The molecule has 4 N–H and O–H groups in total. The van der Waals surface area contributed by atoms with Crippen molar-refractivity contribution >= 4 is 5.97 Å². The van der Waals surface area contributed by atoms with Gasteiger partial charge in [0.1, 0.15) is 0 Å². The van der Waals surface area contributed by atoms with Gasteiger partial charge in [-0.2, -0.15) is 0 Å². The molecule has 0 bridgehead atoms. The van der Waals surface area contributed by atoms with Gasteiger partial charge in [0.25, 0.3) is 0 Å². The molecule has 0 radical (unpaired) electrons. The van der Waals surface area contributed by atoms with Crippen LogP contribution in [0.25, 0.3) is 0 Å². The number of hydrogen-bond acceptors (Lipinski definition) is 4. The van der Waals surface area contributed by atoms with Crippen LogP contribution in [-0.2, 0) is 11.2 Å². The van der Waals surface area contributed by atoms with Crippen LogP contribution in [0.3, 0.4) is 0 Å². The standard InChI is InChI=1S/C23H34O5/c24-18(13-12-17-8-4-3-5-9-17)14-15-20-19(21(25)16-22(20)26)10-6-1-2-7-11-23(27)28/h1,3-6,8-9,18-22,24-26H,2,7,10-16H2,(H,27,28)/b6-1-/t18?,19?,20-,21?,22?/m1/s1. The Morgan fingerprint density at radius 2 is 1.79 bits per heavy atom. The molecule has 1 aromatic carbocycles. The second-order valence-corrected chi connectivity index (χ2v) is 7.95. The lowest BCUT2D eigenvalue weighted by molar-refractivity contribution is -0.137. The van der Waals surface area contributed by atoms with E-state index in [4.69, 9.17) is 5.11 Å². The molecule has 1 aliphatic carbocycles. The van der Waals surface area contributed by atoms with Gasteiger partial charge >= 0.3 is 5.97 Å². The third-order valence-corrected chi connectivity index (χ3v) is 5.80. The molecule has 0 spiro atoms. The minimum Gasteiger partial charge on any atom is -0.481 e. The maximum absolute atomic E-state index is 10.5. The Balaban J connectivity index is 1.74. The van der Waals surface area contributed by atoms with Crippen molar-refractivity contribution in [2.75, 3.05) is 0 Å². The van der Waals surface area contributed by atoms with Crippen molar-refractivity contribution in [1.82, 2.24) is 0 Å². The second kappa shape index (κ2) is 12.0. The first-order chi connectivity index (χ1) is 13.5. The summed E-state index contributed by atoms with van der Waals surface area (Å²) in [5, 5.41) is 39.6.